The Morgan fingerprint density at radius 3 is 2.55 bits per heavy atom. The molecule has 0 saturated carbocycles. The molecule has 0 fully saturated rings. The number of carbonyl (C=O) groups excluding carboxylic acids is 1. The van der Waals surface area contributed by atoms with Gasteiger partial charge in [0.2, 0.25) is 5.91 Å². The van der Waals surface area contributed by atoms with Crippen molar-refractivity contribution >= 4 is 11.7 Å². The molecule has 0 aliphatic heterocycles. The summed E-state index contributed by atoms with van der Waals surface area (Å²) in [4.78, 5) is 12.0. The first kappa shape index (κ1) is 16.7. The number of aromatic nitrogens is 2. The molecule has 1 aromatic heterocycles. The number of H-pyrrole nitrogens is 1. The van der Waals surface area contributed by atoms with Gasteiger partial charge in [0.15, 0.2) is 5.82 Å². The van der Waals surface area contributed by atoms with E-state index in [0.29, 0.717) is 24.7 Å². The molecule has 1 unspecified atom stereocenters. The lowest BCUT2D eigenvalue weighted by atomic mass is 9.92. The van der Waals surface area contributed by atoms with E-state index in [9.17, 15) is 4.79 Å². The summed E-state index contributed by atoms with van der Waals surface area (Å²) in [5.74, 6) is 1.35. The van der Waals surface area contributed by atoms with Crippen LogP contribution in [0.4, 0.5) is 5.82 Å². The fourth-order valence-corrected chi connectivity index (χ4v) is 2.16. The highest BCUT2D eigenvalue weighted by Gasteiger charge is 2.18. The second-order valence-electron chi connectivity index (χ2n) is 6.90. The summed E-state index contributed by atoms with van der Waals surface area (Å²) >= 11 is 0. The third-order valence-corrected chi connectivity index (χ3v) is 3.27. The quantitative estimate of drug-likeness (QED) is 0.749. The molecule has 0 radical (unpaired) electrons. The maximum atomic E-state index is 12.0. The van der Waals surface area contributed by atoms with Crippen LogP contribution in [0.3, 0.4) is 0 Å². The number of anilines is 1. The minimum Gasteiger partial charge on any atom is -0.330 e. The molecule has 0 aliphatic rings. The van der Waals surface area contributed by atoms with Crippen LogP contribution >= 0.6 is 0 Å². The summed E-state index contributed by atoms with van der Waals surface area (Å²) in [6, 6.07) is 1.89. The van der Waals surface area contributed by atoms with Gasteiger partial charge < -0.3 is 11.1 Å². The molecule has 0 aromatic carbocycles. The van der Waals surface area contributed by atoms with Crippen molar-refractivity contribution in [1.29, 1.82) is 0 Å². The second-order valence-corrected chi connectivity index (χ2v) is 6.90. The lowest BCUT2D eigenvalue weighted by Gasteiger charge is -2.16. The molecule has 0 saturated heterocycles. The monoisotopic (exact) mass is 280 g/mol. The summed E-state index contributed by atoms with van der Waals surface area (Å²) in [7, 11) is 0. The van der Waals surface area contributed by atoms with Crippen molar-refractivity contribution in [2.24, 2.45) is 17.6 Å². The van der Waals surface area contributed by atoms with Crippen LogP contribution in [-0.4, -0.2) is 22.6 Å². The van der Waals surface area contributed by atoms with E-state index in [1.165, 1.54) is 0 Å². The minimum absolute atomic E-state index is 0.00653. The number of hydrogen-bond acceptors (Lipinski definition) is 3. The zero-order valence-corrected chi connectivity index (χ0v) is 13.3. The fraction of sp³-hybridized carbons (Fsp3) is 0.733. The third kappa shape index (κ3) is 5.33. The van der Waals surface area contributed by atoms with Crippen LogP contribution in [0.2, 0.25) is 0 Å². The van der Waals surface area contributed by atoms with E-state index < -0.39 is 0 Å². The van der Waals surface area contributed by atoms with Gasteiger partial charge in [0.1, 0.15) is 0 Å². The molecule has 1 atom stereocenters. The van der Waals surface area contributed by atoms with Crippen LogP contribution in [0.25, 0.3) is 0 Å². The highest BCUT2D eigenvalue weighted by Crippen LogP contribution is 2.22. The number of nitrogens with one attached hydrogen (secondary N) is 2. The van der Waals surface area contributed by atoms with E-state index in [4.69, 9.17) is 5.73 Å². The van der Waals surface area contributed by atoms with Crippen molar-refractivity contribution in [3.63, 3.8) is 0 Å². The zero-order chi connectivity index (χ0) is 15.3. The number of aromatic amines is 1. The van der Waals surface area contributed by atoms with Gasteiger partial charge in [-0.15, -0.1) is 0 Å². The standard InChI is InChI=1S/C15H28N4O/c1-10(2)6-11(9-16)7-14(20)17-13-8-12(18-19-13)15(3,4)5/h8,10-11H,6-7,9,16H2,1-5H3,(H2,17,18,19,20). The topological polar surface area (TPSA) is 83.8 Å². The van der Waals surface area contributed by atoms with E-state index in [1.54, 1.807) is 0 Å². The molecular formula is C15H28N4O. The molecule has 4 N–H and O–H groups in total. The van der Waals surface area contributed by atoms with Gasteiger partial charge in [0.25, 0.3) is 0 Å². The SMILES string of the molecule is CC(C)CC(CN)CC(=O)Nc1cc(C(C)(C)C)[nH]n1. The average Bonchev–Trinajstić information content (AvgIpc) is 2.75. The van der Waals surface area contributed by atoms with Crippen LogP contribution in [-0.2, 0) is 10.2 Å². The lowest BCUT2D eigenvalue weighted by molar-refractivity contribution is -0.117. The molecule has 0 aliphatic carbocycles. The number of nitrogens with two attached hydrogens (primary N) is 1. The Morgan fingerprint density at radius 1 is 1.45 bits per heavy atom. The van der Waals surface area contributed by atoms with E-state index in [-0.39, 0.29) is 17.2 Å². The largest absolute Gasteiger partial charge is 0.330 e. The van der Waals surface area contributed by atoms with Gasteiger partial charge in [-0.3, -0.25) is 9.89 Å². The Labute approximate surface area is 121 Å². The highest BCUT2D eigenvalue weighted by molar-refractivity contribution is 5.89. The van der Waals surface area contributed by atoms with E-state index in [0.717, 1.165) is 12.1 Å². The van der Waals surface area contributed by atoms with E-state index in [2.05, 4.69) is 50.1 Å². The molecule has 114 valence electrons. The van der Waals surface area contributed by atoms with Crippen LogP contribution in [0.5, 0.6) is 0 Å². The number of carbonyl (C=O) groups is 1. The first-order valence-electron chi connectivity index (χ1n) is 7.28. The zero-order valence-electron chi connectivity index (χ0n) is 13.3. The molecule has 1 amide bonds. The van der Waals surface area contributed by atoms with Gasteiger partial charge in [-0.1, -0.05) is 34.6 Å². The van der Waals surface area contributed by atoms with Gasteiger partial charge in [-0.2, -0.15) is 5.10 Å². The summed E-state index contributed by atoms with van der Waals surface area (Å²) in [5.41, 5.74) is 6.72. The number of amides is 1. The van der Waals surface area contributed by atoms with Gasteiger partial charge >= 0.3 is 0 Å². The molecular weight excluding hydrogens is 252 g/mol. The number of nitrogens with zero attached hydrogens (tertiary/aromatic N) is 1. The van der Waals surface area contributed by atoms with Gasteiger partial charge in [-0.05, 0) is 24.8 Å². The predicted octanol–water partition coefficient (Wildman–Crippen LogP) is 2.66. The average molecular weight is 280 g/mol. The summed E-state index contributed by atoms with van der Waals surface area (Å²) in [5, 5.41) is 9.93. The molecule has 5 nitrogen and oxygen atoms in total. The second kappa shape index (κ2) is 6.88. The lowest BCUT2D eigenvalue weighted by Crippen LogP contribution is -2.23. The van der Waals surface area contributed by atoms with Crippen molar-refractivity contribution in [2.75, 3.05) is 11.9 Å². The first-order chi connectivity index (χ1) is 9.22. The van der Waals surface area contributed by atoms with Crippen LogP contribution < -0.4 is 11.1 Å². The summed E-state index contributed by atoms with van der Waals surface area (Å²) in [6.45, 7) is 11.1. The Hall–Kier alpha value is -1.36. The van der Waals surface area contributed by atoms with Crippen molar-refractivity contribution < 1.29 is 4.79 Å². The molecule has 20 heavy (non-hydrogen) atoms. The molecule has 5 heteroatoms. The first-order valence-corrected chi connectivity index (χ1v) is 7.28. The third-order valence-electron chi connectivity index (χ3n) is 3.27. The van der Waals surface area contributed by atoms with Crippen LogP contribution in [0.1, 0.15) is 53.2 Å². The minimum atomic E-state index is -0.0203. The predicted molar refractivity (Wildman–Crippen MR) is 82.5 cm³/mol. The Morgan fingerprint density at radius 2 is 2.10 bits per heavy atom. The van der Waals surface area contributed by atoms with Gasteiger partial charge in [0.05, 0.1) is 0 Å². The Kier molecular flexibility index (Phi) is 5.74. The van der Waals surface area contributed by atoms with Gasteiger partial charge in [-0.25, -0.2) is 0 Å². The number of hydrogen-bond donors (Lipinski definition) is 3. The molecule has 0 spiro atoms. The van der Waals surface area contributed by atoms with E-state index >= 15 is 0 Å². The molecule has 1 rings (SSSR count). The van der Waals surface area contributed by atoms with E-state index in [1.807, 2.05) is 6.07 Å². The van der Waals surface area contributed by atoms with Crippen LogP contribution in [0.15, 0.2) is 6.07 Å². The number of rotatable bonds is 6. The van der Waals surface area contributed by atoms with Crippen LogP contribution in [0, 0.1) is 11.8 Å². The molecule has 0 bridgehead atoms. The Bertz CT molecular complexity index is 431. The maximum absolute atomic E-state index is 12.0. The Balaban J connectivity index is 2.55. The van der Waals surface area contributed by atoms with Crippen molar-refractivity contribution in [1.82, 2.24) is 10.2 Å². The maximum Gasteiger partial charge on any atom is 0.225 e. The molecule has 1 heterocycles. The normalized spacial score (nSPS) is 13.6. The molecule has 1 aromatic rings. The van der Waals surface area contributed by atoms with Crippen molar-refractivity contribution in [2.45, 2.75) is 52.9 Å². The highest BCUT2D eigenvalue weighted by atomic mass is 16.1. The summed E-state index contributed by atoms with van der Waals surface area (Å²) < 4.78 is 0. The van der Waals surface area contributed by atoms with Gasteiger partial charge in [0, 0.05) is 23.6 Å². The van der Waals surface area contributed by atoms with Crippen molar-refractivity contribution in [3.05, 3.63) is 11.8 Å². The van der Waals surface area contributed by atoms with Crippen molar-refractivity contribution in [3.8, 4) is 0 Å². The summed E-state index contributed by atoms with van der Waals surface area (Å²) in [6.07, 6.45) is 1.42. The fourth-order valence-electron chi connectivity index (χ4n) is 2.16. The smallest absolute Gasteiger partial charge is 0.225 e.